The van der Waals surface area contributed by atoms with Gasteiger partial charge in [-0.3, -0.25) is 4.79 Å². The van der Waals surface area contributed by atoms with Gasteiger partial charge in [0.05, 0.1) is 6.10 Å². The van der Waals surface area contributed by atoms with Crippen LogP contribution >= 0.6 is 0 Å². The molecule has 0 spiro atoms. The van der Waals surface area contributed by atoms with Crippen LogP contribution in [0.4, 0.5) is 10.5 Å². The fourth-order valence-electron chi connectivity index (χ4n) is 3.56. The molecule has 3 amide bonds. The lowest BCUT2D eigenvalue weighted by Crippen LogP contribution is -2.44. The number of nitrogens with zero attached hydrogens (tertiary/aromatic N) is 1. The first-order valence-corrected chi connectivity index (χ1v) is 9.27. The molecule has 1 atom stereocenters. The van der Waals surface area contributed by atoms with Crippen molar-refractivity contribution in [3.05, 3.63) is 29.8 Å². The van der Waals surface area contributed by atoms with Crippen LogP contribution in [0.3, 0.4) is 0 Å². The Balaban J connectivity index is 1.52. The fourth-order valence-corrected chi connectivity index (χ4v) is 3.56. The number of hydrogen-bond donors (Lipinski definition) is 3. The van der Waals surface area contributed by atoms with Crippen molar-refractivity contribution in [3.63, 3.8) is 0 Å². The third-order valence-electron chi connectivity index (χ3n) is 5.02. The molecule has 2 aliphatic rings. The maximum absolute atomic E-state index is 12.3. The van der Waals surface area contributed by atoms with E-state index in [1.54, 1.807) is 29.2 Å². The van der Waals surface area contributed by atoms with Crippen LogP contribution < -0.4 is 10.6 Å². The standard InChI is InChI=1S/C19H27N3O3/c23-17-7-4-12-22(13-17)19(25)21-16-10-8-14(9-11-16)18(24)20-15-5-2-1-3-6-15/h8-11,15,17,23H,1-7,12-13H2,(H,20,24)(H,21,25). The number of β-amino-alcohol motifs (C(OH)–C–C–N with tert-alkyl or cyclic N) is 1. The van der Waals surface area contributed by atoms with Gasteiger partial charge in [0.1, 0.15) is 0 Å². The zero-order valence-corrected chi connectivity index (χ0v) is 14.5. The van der Waals surface area contributed by atoms with Gasteiger partial charge >= 0.3 is 6.03 Å². The number of amides is 3. The minimum atomic E-state index is -0.439. The van der Waals surface area contributed by atoms with Gasteiger partial charge in [0.2, 0.25) is 0 Å². The summed E-state index contributed by atoms with van der Waals surface area (Å²) in [6.07, 6.45) is 6.86. The lowest BCUT2D eigenvalue weighted by molar-refractivity contribution is 0.0883. The van der Waals surface area contributed by atoms with Crippen LogP contribution in [-0.2, 0) is 0 Å². The number of likely N-dealkylation sites (tertiary alicyclic amines) is 1. The molecule has 1 aromatic carbocycles. The van der Waals surface area contributed by atoms with Crippen molar-refractivity contribution >= 4 is 17.6 Å². The first kappa shape index (κ1) is 17.7. The molecule has 0 aromatic heterocycles. The summed E-state index contributed by atoms with van der Waals surface area (Å²) in [5, 5.41) is 15.6. The molecule has 0 bridgehead atoms. The Labute approximate surface area is 148 Å². The van der Waals surface area contributed by atoms with Crippen molar-refractivity contribution in [1.29, 1.82) is 0 Å². The Morgan fingerprint density at radius 1 is 1.00 bits per heavy atom. The lowest BCUT2D eigenvalue weighted by Gasteiger charge is -2.30. The van der Waals surface area contributed by atoms with E-state index in [4.69, 9.17) is 0 Å². The molecule has 1 saturated heterocycles. The van der Waals surface area contributed by atoms with Gasteiger partial charge in [0.15, 0.2) is 0 Å². The molecule has 1 aliphatic heterocycles. The fraction of sp³-hybridized carbons (Fsp3) is 0.579. The number of carbonyl (C=O) groups excluding carboxylic acids is 2. The SMILES string of the molecule is O=C(NC1CCCCC1)c1ccc(NC(=O)N2CCCC(O)C2)cc1. The van der Waals surface area contributed by atoms with E-state index in [2.05, 4.69) is 10.6 Å². The number of aliphatic hydroxyl groups is 1. The number of anilines is 1. The van der Waals surface area contributed by atoms with Gasteiger partial charge in [-0.2, -0.15) is 0 Å². The lowest BCUT2D eigenvalue weighted by atomic mass is 9.95. The van der Waals surface area contributed by atoms with Crippen LogP contribution in [0.1, 0.15) is 55.3 Å². The molecule has 3 rings (SSSR count). The number of piperidine rings is 1. The molecule has 1 aromatic rings. The predicted molar refractivity (Wildman–Crippen MR) is 96.6 cm³/mol. The highest BCUT2D eigenvalue weighted by Crippen LogP contribution is 2.18. The molecule has 3 N–H and O–H groups in total. The van der Waals surface area contributed by atoms with Gasteiger partial charge in [-0.1, -0.05) is 19.3 Å². The van der Waals surface area contributed by atoms with Crippen molar-refractivity contribution in [2.75, 3.05) is 18.4 Å². The number of nitrogens with one attached hydrogen (secondary N) is 2. The number of benzene rings is 1. The van der Waals surface area contributed by atoms with Gasteiger partial charge in [-0.25, -0.2) is 4.79 Å². The van der Waals surface area contributed by atoms with E-state index in [9.17, 15) is 14.7 Å². The Kier molecular flexibility index (Phi) is 5.91. The molecule has 2 fully saturated rings. The van der Waals surface area contributed by atoms with Gasteiger partial charge in [-0.05, 0) is 49.9 Å². The van der Waals surface area contributed by atoms with Crippen LogP contribution in [0, 0.1) is 0 Å². The Morgan fingerprint density at radius 3 is 2.40 bits per heavy atom. The Morgan fingerprint density at radius 2 is 1.72 bits per heavy atom. The second kappa shape index (κ2) is 8.34. The third kappa shape index (κ3) is 4.95. The maximum Gasteiger partial charge on any atom is 0.321 e. The van der Waals surface area contributed by atoms with E-state index in [1.807, 2.05) is 0 Å². The van der Waals surface area contributed by atoms with E-state index < -0.39 is 6.10 Å². The topological polar surface area (TPSA) is 81.7 Å². The number of urea groups is 1. The summed E-state index contributed by atoms with van der Waals surface area (Å²) < 4.78 is 0. The van der Waals surface area contributed by atoms with Gasteiger partial charge in [0, 0.05) is 30.4 Å². The number of carbonyl (C=O) groups is 2. The first-order chi connectivity index (χ1) is 12.1. The van der Waals surface area contributed by atoms with E-state index in [-0.39, 0.29) is 18.0 Å². The second-order valence-electron chi connectivity index (χ2n) is 7.06. The molecule has 0 radical (unpaired) electrons. The van der Waals surface area contributed by atoms with Gasteiger partial charge in [-0.15, -0.1) is 0 Å². The molecule has 1 heterocycles. The number of hydrogen-bond acceptors (Lipinski definition) is 3. The first-order valence-electron chi connectivity index (χ1n) is 9.27. The monoisotopic (exact) mass is 345 g/mol. The molecule has 25 heavy (non-hydrogen) atoms. The van der Waals surface area contributed by atoms with Crippen molar-refractivity contribution in [3.8, 4) is 0 Å². The third-order valence-corrected chi connectivity index (χ3v) is 5.02. The molecule has 6 nitrogen and oxygen atoms in total. The van der Waals surface area contributed by atoms with Crippen molar-refractivity contribution < 1.29 is 14.7 Å². The van der Waals surface area contributed by atoms with Gasteiger partial charge in [0.25, 0.3) is 5.91 Å². The quantitative estimate of drug-likeness (QED) is 0.788. The summed E-state index contributed by atoms with van der Waals surface area (Å²) in [6.45, 7) is 1.03. The average Bonchev–Trinajstić information content (AvgIpc) is 2.63. The van der Waals surface area contributed by atoms with Crippen molar-refractivity contribution in [2.24, 2.45) is 0 Å². The summed E-state index contributed by atoms with van der Waals surface area (Å²) in [7, 11) is 0. The van der Waals surface area contributed by atoms with Crippen LogP contribution in [0.2, 0.25) is 0 Å². The highest BCUT2D eigenvalue weighted by molar-refractivity contribution is 5.95. The van der Waals surface area contributed by atoms with Crippen LogP contribution in [0.15, 0.2) is 24.3 Å². The maximum atomic E-state index is 12.3. The zero-order chi connectivity index (χ0) is 17.6. The highest BCUT2D eigenvalue weighted by atomic mass is 16.3. The van der Waals surface area contributed by atoms with E-state index in [1.165, 1.54) is 19.3 Å². The molecule has 1 saturated carbocycles. The number of aliphatic hydroxyl groups excluding tert-OH is 1. The van der Waals surface area contributed by atoms with Crippen LogP contribution in [-0.4, -0.2) is 47.2 Å². The Hall–Kier alpha value is -2.08. The van der Waals surface area contributed by atoms with Crippen LogP contribution in [0.5, 0.6) is 0 Å². The minimum absolute atomic E-state index is 0.0519. The van der Waals surface area contributed by atoms with E-state index >= 15 is 0 Å². The molecule has 1 unspecified atom stereocenters. The predicted octanol–water partition coefficient (Wildman–Crippen LogP) is 2.74. The molecular weight excluding hydrogens is 318 g/mol. The summed E-state index contributed by atoms with van der Waals surface area (Å²) in [6, 6.07) is 7.03. The summed E-state index contributed by atoms with van der Waals surface area (Å²) in [5.41, 5.74) is 1.26. The largest absolute Gasteiger partial charge is 0.391 e. The Bertz CT molecular complexity index is 596. The zero-order valence-electron chi connectivity index (χ0n) is 14.5. The van der Waals surface area contributed by atoms with Crippen molar-refractivity contribution in [2.45, 2.75) is 57.1 Å². The van der Waals surface area contributed by atoms with E-state index in [0.717, 1.165) is 25.7 Å². The second-order valence-corrected chi connectivity index (χ2v) is 7.06. The smallest absolute Gasteiger partial charge is 0.321 e. The number of rotatable bonds is 3. The average molecular weight is 345 g/mol. The normalized spacial score (nSPS) is 21.6. The van der Waals surface area contributed by atoms with E-state index in [0.29, 0.717) is 24.3 Å². The minimum Gasteiger partial charge on any atom is -0.391 e. The summed E-state index contributed by atoms with van der Waals surface area (Å²) in [4.78, 5) is 26.1. The van der Waals surface area contributed by atoms with Gasteiger partial charge < -0.3 is 20.6 Å². The summed E-state index contributed by atoms with van der Waals surface area (Å²) >= 11 is 0. The van der Waals surface area contributed by atoms with Crippen LogP contribution in [0.25, 0.3) is 0 Å². The molecule has 1 aliphatic carbocycles. The molecule has 6 heteroatoms. The van der Waals surface area contributed by atoms with Crippen molar-refractivity contribution in [1.82, 2.24) is 10.2 Å². The molecule has 136 valence electrons. The highest BCUT2D eigenvalue weighted by Gasteiger charge is 2.22. The summed E-state index contributed by atoms with van der Waals surface area (Å²) in [5.74, 6) is -0.0519. The molecular formula is C19H27N3O3.